The molecule has 0 amide bonds. The number of ether oxygens (including phenoxy) is 2. The van der Waals surface area contributed by atoms with E-state index in [1.807, 2.05) is 0 Å². The van der Waals surface area contributed by atoms with Crippen molar-refractivity contribution in [3.05, 3.63) is 36.1 Å². The molecule has 6 nitrogen and oxygen atoms in total. The molecule has 1 aliphatic heterocycles. The van der Waals surface area contributed by atoms with E-state index in [4.69, 9.17) is 9.47 Å². The zero-order chi connectivity index (χ0) is 16.2. The second-order valence-corrected chi connectivity index (χ2v) is 5.20. The monoisotopic (exact) mass is 318 g/mol. The summed E-state index contributed by atoms with van der Waals surface area (Å²) >= 11 is 0. The Morgan fingerprint density at radius 2 is 1.39 bits per heavy atom. The van der Waals surface area contributed by atoms with E-state index in [0.717, 1.165) is 31.9 Å². The first-order chi connectivity index (χ1) is 11.2. The van der Waals surface area contributed by atoms with Gasteiger partial charge >= 0.3 is 0 Å². The Labute approximate surface area is 134 Å². The van der Waals surface area contributed by atoms with Gasteiger partial charge in [0, 0.05) is 31.9 Å². The van der Waals surface area contributed by atoms with E-state index in [9.17, 15) is 4.39 Å². The van der Waals surface area contributed by atoms with Crippen LogP contribution in [0.2, 0.25) is 0 Å². The van der Waals surface area contributed by atoms with Gasteiger partial charge in [-0.3, -0.25) is 0 Å². The molecule has 0 bridgehead atoms. The molecule has 2 heterocycles. The van der Waals surface area contributed by atoms with E-state index >= 15 is 0 Å². The van der Waals surface area contributed by atoms with Crippen molar-refractivity contribution in [2.45, 2.75) is 0 Å². The van der Waals surface area contributed by atoms with Crippen molar-refractivity contribution in [1.82, 2.24) is 9.97 Å². The van der Waals surface area contributed by atoms with Crippen LogP contribution in [0.1, 0.15) is 0 Å². The molecule has 1 aromatic carbocycles. The van der Waals surface area contributed by atoms with Gasteiger partial charge in [-0.1, -0.05) is 0 Å². The van der Waals surface area contributed by atoms with Gasteiger partial charge in [-0.25, -0.2) is 4.39 Å². The number of halogens is 1. The molecule has 122 valence electrons. The van der Waals surface area contributed by atoms with Crippen molar-refractivity contribution in [2.75, 3.05) is 50.2 Å². The molecule has 23 heavy (non-hydrogen) atoms. The van der Waals surface area contributed by atoms with E-state index < -0.39 is 0 Å². The van der Waals surface area contributed by atoms with Crippen molar-refractivity contribution in [2.24, 2.45) is 0 Å². The summed E-state index contributed by atoms with van der Waals surface area (Å²) in [5.74, 6) is 1.34. The third kappa shape index (κ3) is 3.44. The van der Waals surface area contributed by atoms with Crippen molar-refractivity contribution in [1.29, 1.82) is 0 Å². The number of nitrogens with zero attached hydrogens (tertiary/aromatic N) is 4. The lowest BCUT2D eigenvalue weighted by Gasteiger charge is -2.36. The molecule has 1 fully saturated rings. The molecule has 0 atom stereocenters. The average molecular weight is 318 g/mol. The van der Waals surface area contributed by atoms with E-state index in [0.29, 0.717) is 17.7 Å². The Hall–Kier alpha value is -2.57. The number of piperazine rings is 1. The molecule has 0 radical (unpaired) electrons. The summed E-state index contributed by atoms with van der Waals surface area (Å²) in [6, 6.07) is 8.22. The summed E-state index contributed by atoms with van der Waals surface area (Å²) in [5.41, 5.74) is 1.02. The maximum Gasteiger partial charge on any atom is 0.232 e. The largest absolute Gasteiger partial charge is 0.481 e. The third-order valence-corrected chi connectivity index (χ3v) is 3.84. The van der Waals surface area contributed by atoms with Crippen molar-refractivity contribution in [3.63, 3.8) is 0 Å². The van der Waals surface area contributed by atoms with Gasteiger partial charge in [0.15, 0.2) is 0 Å². The van der Waals surface area contributed by atoms with Gasteiger partial charge in [-0.2, -0.15) is 9.97 Å². The highest BCUT2D eigenvalue weighted by Crippen LogP contribution is 2.23. The quantitative estimate of drug-likeness (QED) is 0.859. The van der Waals surface area contributed by atoms with E-state index in [2.05, 4.69) is 19.8 Å². The molecule has 3 rings (SSSR count). The lowest BCUT2D eigenvalue weighted by Crippen LogP contribution is -2.47. The minimum absolute atomic E-state index is 0.218. The maximum atomic E-state index is 13.0. The summed E-state index contributed by atoms with van der Waals surface area (Å²) in [6.07, 6.45) is 0. The van der Waals surface area contributed by atoms with Gasteiger partial charge in [0.2, 0.25) is 17.7 Å². The standard InChI is InChI=1S/C16H19FN4O2/c1-22-14-11-15(23-2)19-16(18-14)21-9-7-20(8-10-21)13-5-3-12(17)4-6-13/h3-6,11H,7-10H2,1-2H3. The predicted molar refractivity (Wildman–Crippen MR) is 86.0 cm³/mol. The molecular weight excluding hydrogens is 299 g/mol. The minimum Gasteiger partial charge on any atom is -0.481 e. The summed E-state index contributed by atoms with van der Waals surface area (Å²) in [5, 5.41) is 0. The van der Waals surface area contributed by atoms with Crippen LogP contribution in [0.5, 0.6) is 11.8 Å². The fourth-order valence-electron chi connectivity index (χ4n) is 2.56. The highest BCUT2D eigenvalue weighted by Gasteiger charge is 2.20. The van der Waals surface area contributed by atoms with Crippen molar-refractivity contribution >= 4 is 11.6 Å². The topological polar surface area (TPSA) is 50.7 Å². The van der Waals surface area contributed by atoms with Crippen LogP contribution in [0, 0.1) is 5.82 Å². The average Bonchev–Trinajstić information content (AvgIpc) is 2.62. The van der Waals surface area contributed by atoms with Crippen LogP contribution >= 0.6 is 0 Å². The smallest absolute Gasteiger partial charge is 0.232 e. The van der Waals surface area contributed by atoms with Gasteiger partial charge in [-0.15, -0.1) is 0 Å². The Morgan fingerprint density at radius 1 is 0.870 bits per heavy atom. The molecule has 0 spiro atoms. The van der Waals surface area contributed by atoms with E-state index in [-0.39, 0.29) is 5.82 Å². The van der Waals surface area contributed by atoms with Crippen LogP contribution in [0.3, 0.4) is 0 Å². The normalized spacial score (nSPS) is 14.7. The summed E-state index contributed by atoms with van der Waals surface area (Å²) in [7, 11) is 3.13. The molecule has 0 N–H and O–H groups in total. The van der Waals surface area contributed by atoms with Gasteiger partial charge in [0.25, 0.3) is 0 Å². The molecule has 0 unspecified atom stereocenters. The number of rotatable bonds is 4. The Kier molecular flexibility index (Phi) is 4.45. The van der Waals surface area contributed by atoms with Gasteiger partial charge < -0.3 is 19.3 Å². The van der Waals surface area contributed by atoms with Crippen LogP contribution < -0.4 is 19.3 Å². The fraction of sp³-hybridized carbons (Fsp3) is 0.375. The van der Waals surface area contributed by atoms with Crippen LogP contribution in [0.15, 0.2) is 30.3 Å². The number of hydrogen-bond donors (Lipinski definition) is 0. The summed E-state index contributed by atoms with van der Waals surface area (Å²) < 4.78 is 23.4. The molecule has 2 aromatic rings. The first-order valence-corrected chi connectivity index (χ1v) is 7.42. The highest BCUT2D eigenvalue weighted by molar-refractivity contribution is 5.48. The van der Waals surface area contributed by atoms with Crippen LogP contribution in [0.25, 0.3) is 0 Å². The van der Waals surface area contributed by atoms with Crippen LogP contribution in [-0.4, -0.2) is 50.4 Å². The molecule has 1 aliphatic rings. The molecule has 1 aromatic heterocycles. The number of aromatic nitrogens is 2. The zero-order valence-corrected chi connectivity index (χ0v) is 13.2. The van der Waals surface area contributed by atoms with Gasteiger partial charge in [0.1, 0.15) is 5.82 Å². The van der Waals surface area contributed by atoms with Crippen LogP contribution in [-0.2, 0) is 0 Å². The Morgan fingerprint density at radius 3 is 1.91 bits per heavy atom. The fourth-order valence-corrected chi connectivity index (χ4v) is 2.56. The molecular formula is C16H19FN4O2. The van der Waals surface area contributed by atoms with E-state index in [1.165, 1.54) is 12.1 Å². The molecule has 7 heteroatoms. The maximum absolute atomic E-state index is 13.0. The molecule has 0 aliphatic carbocycles. The van der Waals surface area contributed by atoms with Gasteiger partial charge in [0.05, 0.1) is 20.3 Å². The Bertz CT molecular complexity index is 635. The lowest BCUT2D eigenvalue weighted by atomic mass is 10.2. The highest BCUT2D eigenvalue weighted by atomic mass is 19.1. The zero-order valence-electron chi connectivity index (χ0n) is 13.2. The first-order valence-electron chi connectivity index (χ1n) is 7.42. The third-order valence-electron chi connectivity index (χ3n) is 3.84. The number of methoxy groups -OCH3 is 2. The Balaban J connectivity index is 1.70. The van der Waals surface area contributed by atoms with E-state index in [1.54, 1.807) is 32.4 Å². The summed E-state index contributed by atoms with van der Waals surface area (Å²) in [4.78, 5) is 13.1. The number of benzene rings is 1. The first kappa shape index (κ1) is 15.3. The number of anilines is 2. The second-order valence-electron chi connectivity index (χ2n) is 5.20. The van der Waals surface area contributed by atoms with Crippen molar-refractivity contribution < 1.29 is 13.9 Å². The second kappa shape index (κ2) is 6.68. The number of hydrogen-bond acceptors (Lipinski definition) is 6. The predicted octanol–water partition coefficient (Wildman–Crippen LogP) is 1.96. The molecule has 0 saturated carbocycles. The SMILES string of the molecule is COc1cc(OC)nc(N2CCN(c3ccc(F)cc3)CC2)n1. The van der Waals surface area contributed by atoms with Crippen molar-refractivity contribution in [3.8, 4) is 11.8 Å². The summed E-state index contributed by atoms with van der Waals surface area (Å²) in [6.45, 7) is 3.17. The minimum atomic E-state index is -0.218. The van der Waals surface area contributed by atoms with Crippen LogP contribution in [0.4, 0.5) is 16.0 Å². The van der Waals surface area contributed by atoms with Gasteiger partial charge in [-0.05, 0) is 24.3 Å². The lowest BCUT2D eigenvalue weighted by molar-refractivity contribution is 0.371. The molecule has 1 saturated heterocycles.